The SMILES string of the molecule is Cc1nn2c(c1N)N=C(c1ccccc1)C2. The number of nitrogen functional groups attached to an aromatic ring is 1. The first-order chi connectivity index (χ1) is 7.75. The van der Waals surface area contributed by atoms with Gasteiger partial charge in [0, 0.05) is 0 Å². The van der Waals surface area contributed by atoms with Crippen LogP contribution in [0, 0.1) is 6.92 Å². The Morgan fingerprint density at radius 1 is 1.25 bits per heavy atom. The zero-order valence-corrected chi connectivity index (χ0v) is 9.01. The number of nitrogens with two attached hydrogens (primary N) is 1. The standard InChI is InChI=1S/C12H12N4/c1-8-11(13)12-14-10(7-16(12)15-8)9-5-3-2-4-6-9/h2-6H,7,13H2,1H3. The van der Waals surface area contributed by atoms with Crippen molar-refractivity contribution < 1.29 is 0 Å². The lowest BCUT2D eigenvalue weighted by atomic mass is 10.1. The van der Waals surface area contributed by atoms with Crippen LogP contribution < -0.4 is 5.73 Å². The summed E-state index contributed by atoms with van der Waals surface area (Å²) in [6.07, 6.45) is 0. The summed E-state index contributed by atoms with van der Waals surface area (Å²) in [5, 5.41) is 4.34. The van der Waals surface area contributed by atoms with Crippen LogP contribution in [-0.4, -0.2) is 15.5 Å². The maximum atomic E-state index is 5.90. The predicted molar refractivity (Wildman–Crippen MR) is 64.0 cm³/mol. The minimum absolute atomic E-state index is 0.686. The monoisotopic (exact) mass is 212 g/mol. The number of aliphatic imine (C=N–C) groups is 1. The fourth-order valence-electron chi connectivity index (χ4n) is 1.90. The minimum Gasteiger partial charge on any atom is -0.394 e. The molecule has 2 aromatic rings. The molecule has 2 heterocycles. The molecule has 0 unspecified atom stereocenters. The Balaban J connectivity index is 2.05. The molecular weight excluding hydrogens is 200 g/mol. The van der Waals surface area contributed by atoms with E-state index in [2.05, 4.69) is 10.1 Å². The van der Waals surface area contributed by atoms with Crippen LogP contribution in [0.5, 0.6) is 0 Å². The van der Waals surface area contributed by atoms with Gasteiger partial charge in [0.15, 0.2) is 5.82 Å². The molecule has 1 aromatic heterocycles. The Bertz CT molecular complexity index is 566. The first kappa shape index (κ1) is 9.15. The van der Waals surface area contributed by atoms with E-state index in [4.69, 9.17) is 5.73 Å². The Morgan fingerprint density at radius 2 is 2.00 bits per heavy atom. The van der Waals surface area contributed by atoms with Gasteiger partial charge in [0.05, 0.1) is 23.6 Å². The lowest BCUT2D eigenvalue weighted by molar-refractivity contribution is 0.741. The second kappa shape index (κ2) is 3.20. The molecule has 0 bridgehead atoms. The summed E-state index contributed by atoms with van der Waals surface area (Å²) >= 11 is 0. The van der Waals surface area contributed by atoms with Crippen molar-refractivity contribution in [3.63, 3.8) is 0 Å². The molecule has 80 valence electrons. The molecule has 0 saturated carbocycles. The molecule has 4 heteroatoms. The van der Waals surface area contributed by atoms with Crippen LogP contribution in [0.4, 0.5) is 11.5 Å². The molecule has 2 N–H and O–H groups in total. The first-order valence-electron chi connectivity index (χ1n) is 5.21. The molecule has 0 fully saturated rings. The van der Waals surface area contributed by atoms with Crippen molar-refractivity contribution in [2.24, 2.45) is 4.99 Å². The van der Waals surface area contributed by atoms with Gasteiger partial charge in [0.2, 0.25) is 0 Å². The average molecular weight is 212 g/mol. The summed E-state index contributed by atoms with van der Waals surface area (Å²) in [7, 11) is 0. The van der Waals surface area contributed by atoms with Crippen molar-refractivity contribution in [2.45, 2.75) is 13.5 Å². The number of nitrogens with zero attached hydrogens (tertiary/aromatic N) is 3. The number of fused-ring (bicyclic) bond motifs is 1. The first-order valence-corrected chi connectivity index (χ1v) is 5.21. The number of aryl methyl sites for hydroxylation is 1. The van der Waals surface area contributed by atoms with E-state index in [0.717, 1.165) is 22.8 Å². The number of hydrogen-bond acceptors (Lipinski definition) is 3. The molecule has 4 nitrogen and oxygen atoms in total. The van der Waals surface area contributed by atoms with E-state index in [1.165, 1.54) is 0 Å². The number of benzene rings is 1. The number of aromatic nitrogens is 2. The number of anilines is 1. The molecule has 1 aromatic carbocycles. The average Bonchev–Trinajstić information content (AvgIpc) is 2.82. The van der Waals surface area contributed by atoms with Crippen LogP contribution >= 0.6 is 0 Å². The summed E-state index contributed by atoms with van der Waals surface area (Å²) in [6, 6.07) is 10.1. The van der Waals surface area contributed by atoms with Crippen molar-refractivity contribution in [1.29, 1.82) is 0 Å². The fourth-order valence-corrected chi connectivity index (χ4v) is 1.90. The minimum atomic E-state index is 0.686. The van der Waals surface area contributed by atoms with Gasteiger partial charge in [0.1, 0.15) is 0 Å². The molecule has 0 saturated heterocycles. The summed E-state index contributed by atoms with van der Waals surface area (Å²) in [5.41, 5.74) is 9.60. The van der Waals surface area contributed by atoms with Gasteiger partial charge < -0.3 is 5.73 Å². The second-order valence-corrected chi connectivity index (χ2v) is 3.90. The van der Waals surface area contributed by atoms with Gasteiger partial charge in [0.25, 0.3) is 0 Å². The van der Waals surface area contributed by atoms with E-state index in [1.807, 2.05) is 41.9 Å². The van der Waals surface area contributed by atoms with E-state index in [-0.39, 0.29) is 0 Å². The van der Waals surface area contributed by atoms with Crippen LogP contribution in [0.1, 0.15) is 11.3 Å². The van der Waals surface area contributed by atoms with E-state index in [9.17, 15) is 0 Å². The van der Waals surface area contributed by atoms with Gasteiger partial charge in [-0.3, -0.25) is 0 Å². The van der Waals surface area contributed by atoms with E-state index < -0.39 is 0 Å². The van der Waals surface area contributed by atoms with Crippen LogP contribution in [0.3, 0.4) is 0 Å². The molecular formula is C12H12N4. The second-order valence-electron chi connectivity index (χ2n) is 3.90. The fraction of sp³-hybridized carbons (Fsp3) is 0.167. The Kier molecular flexibility index (Phi) is 1.83. The lowest BCUT2D eigenvalue weighted by Crippen LogP contribution is -2.06. The summed E-state index contributed by atoms with van der Waals surface area (Å²) in [4.78, 5) is 4.53. The normalized spacial score (nSPS) is 13.7. The van der Waals surface area contributed by atoms with E-state index in [0.29, 0.717) is 12.2 Å². The van der Waals surface area contributed by atoms with Crippen molar-refractivity contribution in [3.05, 3.63) is 41.6 Å². The highest BCUT2D eigenvalue weighted by atomic mass is 15.4. The van der Waals surface area contributed by atoms with Gasteiger partial charge in [-0.1, -0.05) is 30.3 Å². The van der Waals surface area contributed by atoms with Crippen molar-refractivity contribution in [1.82, 2.24) is 9.78 Å². The van der Waals surface area contributed by atoms with Gasteiger partial charge in [-0.05, 0) is 12.5 Å². The maximum Gasteiger partial charge on any atom is 0.174 e. The van der Waals surface area contributed by atoms with Gasteiger partial charge in [-0.25, -0.2) is 9.67 Å². The highest BCUT2D eigenvalue weighted by Crippen LogP contribution is 2.30. The molecule has 16 heavy (non-hydrogen) atoms. The molecule has 0 radical (unpaired) electrons. The molecule has 0 aliphatic carbocycles. The maximum absolute atomic E-state index is 5.90. The highest BCUT2D eigenvalue weighted by molar-refractivity contribution is 6.04. The van der Waals surface area contributed by atoms with Crippen LogP contribution in [0.2, 0.25) is 0 Å². The van der Waals surface area contributed by atoms with Crippen molar-refractivity contribution in [2.75, 3.05) is 5.73 Å². The number of hydrogen-bond donors (Lipinski definition) is 1. The van der Waals surface area contributed by atoms with Crippen LogP contribution in [0.25, 0.3) is 0 Å². The molecule has 0 atom stereocenters. The largest absolute Gasteiger partial charge is 0.394 e. The zero-order chi connectivity index (χ0) is 11.1. The van der Waals surface area contributed by atoms with Gasteiger partial charge >= 0.3 is 0 Å². The topological polar surface area (TPSA) is 56.2 Å². The summed E-state index contributed by atoms with van der Waals surface area (Å²) in [6.45, 7) is 2.61. The molecule has 1 aliphatic rings. The third-order valence-electron chi connectivity index (χ3n) is 2.79. The molecule has 1 aliphatic heterocycles. The lowest BCUT2D eigenvalue weighted by Gasteiger charge is -1.99. The Labute approximate surface area is 93.4 Å². The molecule has 0 amide bonds. The van der Waals surface area contributed by atoms with E-state index >= 15 is 0 Å². The third kappa shape index (κ3) is 1.23. The van der Waals surface area contributed by atoms with E-state index in [1.54, 1.807) is 0 Å². The van der Waals surface area contributed by atoms with Crippen molar-refractivity contribution in [3.8, 4) is 0 Å². The molecule has 3 rings (SSSR count). The Morgan fingerprint density at radius 3 is 2.69 bits per heavy atom. The third-order valence-corrected chi connectivity index (χ3v) is 2.79. The number of rotatable bonds is 1. The molecule has 0 spiro atoms. The highest BCUT2D eigenvalue weighted by Gasteiger charge is 2.20. The van der Waals surface area contributed by atoms with Gasteiger partial charge in [-0.2, -0.15) is 5.10 Å². The predicted octanol–water partition coefficient (Wildman–Crippen LogP) is 1.91. The quantitative estimate of drug-likeness (QED) is 0.785. The Hall–Kier alpha value is -2.10. The van der Waals surface area contributed by atoms with Crippen molar-refractivity contribution >= 4 is 17.2 Å². The zero-order valence-electron chi connectivity index (χ0n) is 9.01. The smallest absolute Gasteiger partial charge is 0.174 e. The van der Waals surface area contributed by atoms with Crippen LogP contribution in [-0.2, 0) is 6.54 Å². The summed E-state index contributed by atoms with van der Waals surface area (Å²) in [5.74, 6) is 0.788. The van der Waals surface area contributed by atoms with Crippen LogP contribution in [0.15, 0.2) is 35.3 Å². The van der Waals surface area contributed by atoms with Gasteiger partial charge in [-0.15, -0.1) is 0 Å². The summed E-state index contributed by atoms with van der Waals surface area (Å²) < 4.78 is 1.85.